The third kappa shape index (κ3) is 3.23. The van der Waals surface area contributed by atoms with Crippen molar-refractivity contribution in [3.63, 3.8) is 0 Å². The van der Waals surface area contributed by atoms with E-state index >= 15 is 0 Å². The number of aliphatic hydroxyl groups excluding tert-OH is 2. The highest BCUT2D eigenvalue weighted by Gasteiger charge is 2.29. The maximum atomic E-state index is 9.23. The Morgan fingerprint density at radius 3 is 2.92 bits per heavy atom. The van der Waals surface area contributed by atoms with Crippen LogP contribution in [0.15, 0.2) is 22.1 Å². The quantitative estimate of drug-likeness (QED) is 0.532. The molecule has 0 atom stereocenters. The predicted octanol–water partition coefficient (Wildman–Crippen LogP) is 0.857. The zero-order chi connectivity index (χ0) is 17.2. The minimum atomic E-state index is -0.0556. The number of aliphatic hydroxyl groups is 2. The molecule has 3 aromatic rings. The molecule has 0 spiro atoms. The van der Waals surface area contributed by atoms with E-state index in [1.165, 1.54) is 11.3 Å². The number of nitrogens with zero attached hydrogens (tertiary/aromatic N) is 4. The fraction of sp³-hybridized carbons (Fsp3) is 0.438. The minimum absolute atomic E-state index is 0.0556. The van der Waals surface area contributed by atoms with Gasteiger partial charge in [-0.25, -0.2) is 9.61 Å². The van der Waals surface area contributed by atoms with Gasteiger partial charge in [0.15, 0.2) is 5.52 Å². The normalized spacial score (nSPS) is 15.0. The number of anilines is 1. The van der Waals surface area contributed by atoms with Crippen LogP contribution in [0, 0.1) is 5.92 Å². The SMILES string of the molecule is OCCNCC1CN(c2cc(-c3csc(CO)n3)cc3nonc23)C1. The molecule has 1 fully saturated rings. The second-order valence-corrected chi connectivity index (χ2v) is 7.05. The van der Waals surface area contributed by atoms with E-state index in [0.29, 0.717) is 23.0 Å². The zero-order valence-corrected chi connectivity index (χ0v) is 14.4. The molecular formula is C16H19N5O3S. The molecule has 0 bridgehead atoms. The summed E-state index contributed by atoms with van der Waals surface area (Å²) < 4.78 is 4.92. The molecule has 8 nitrogen and oxygen atoms in total. The van der Waals surface area contributed by atoms with Crippen LogP contribution in [-0.4, -0.2) is 58.3 Å². The molecule has 3 N–H and O–H groups in total. The van der Waals surface area contributed by atoms with Gasteiger partial charge in [0, 0.05) is 43.0 Å². The Kier molecular flexibility index (Phi) is 4.62. The van der Waals surface area contributed by atoms with Crippen molar-refractivity contribution in [2.75, 3.05) is 37.7 Å². The van der Waals surface area contributed by atoms with Gasteiger partial charge in [-0.2, -0.15) is 0 Å². The molecule has 25 heavy (non-hydrogen) atoms. The summed E-state index contributed by atoms with van der Waals surface area (Å²) in [6.07, 6.45) is 0. The van der Waals surface area contributed by atoms with E-state index in [1.807, 2.05) is 11.4 Å². The van der Waals surface area contributed by atoms with E-state index in [9.17, 15) is 5.11 Å². The Morgan fingerprint density at radius 2 is 2.16 bits per heavy atom. The van der Waals surface area contributed by atoms with E-state index in [-0.39, 0.29) is 13.2 Å². The van der Waals surface area contributed by atoms with Gasteiger partial charge in [-0.15, -0.1) is 11.3 Å². The Morgan fingerprint density at radius 1 is 1.28 bits per heavy atom. The van der Waals surface area contributed by atoms with Gasteiger partial charge in [-0.1, -0.05) is 0 Å². The van der Waals surface area contributed by atoms with Crippen LogP contribution >= 0.6 is 11.3 Å². The number of rotatable bonds is 7. The number of nitrogens with one attached hydrogen (secondary N) is 1. The average Bonchev–Trinajstić information content (AvgIpc) is 3.24. The first-order chi connectivity index (χ1) is 12.3. The third-order valence-corrected chi connectivity index (χ3v) is 5.18. The van der Waals surface area contributed by atoms with E-state index in [2.05, 4.69) is 31.6 Å². The van der Waals surface area contributed by atoms with Crippen LogP contribution in [0.25, 0.3) is 22.3 Å². The number of benzene rings is 1. The first kappa shape index (κ1) is 16.4. The number of thiazole rings is 1. The van der Waals surface area contributed by atoms with E-state index in [0.717, 1.165) is 42.1 Å². The molecule has 1 aliphatic rings. The summed E-state index contributed by atoms with van der Waals surface area (Å²) in [5.74, 6) is 0.547. The molecule has 132 valence electrons. The number of aromatic nitrogens is 3. The van der Waals surface area contributed by atoms with Gasteiger partial charge < -0.3 is 20.4 Å². The van der Waals surface area contributed by atoms with Gasteiger partial charge in [0.2, 0.25) is 0 Å². The lowest BCUT2D eigenvalue weighted by atomic mass is 9.98. The molecule has 2 aromatic heterocycles. The summed E-state index contributed by atoms with van der Waals surface area (Å²) in [5.41, 5.74) is 4.21. The monoisotopic (exact) mass is 361 g/mol. The second-order valence-electron chi connectivity index (χ2n) is 6.11. The Balaban J connectivity index is 1.57. The molecule has 3 heterocycles. The van der Waals surface area contributed by atoms with Crippen molar-refractivity contribution in [1.29, 1.82) is 0 Å². The molecule has 1 aliphatic heterocycles. The Hall–Kier alpha value is -2.07. The Labute approximate surface area is 148 Å². The molecule has 0 radical (unpaired) electrons. The molecule has 1 saturated heterocycles. The summed E-state index contributed by atoms with van der Waals surface area (Å²) in [5, 5.41) is 31.9. The molecular weight excluding hydrogens is 342 g/mol. The van der Waals surface area contributed by atoms with Crippen LogP contribution in [0.4, 0.5) is 5.69 Å². The lowest BCUT2D eigenvalue weighted by molar-refractivity contribution is 0.281. The average molecular weight is 361 g/mol. The van der Waals surface area contributed by atoms with Gasteiger partial charge in [0.25, 0.3) is 0 Å². The topological polar surface area (TPSA) is 108 Å². The van der Waals surface area contributed by atoms with Crippen LogP contribution in [0.5, 0.6) is 0 Å². The fourth-order valence-corrected chi connectivity index (χ4v) is 3.72. The second kappa shape index (κ2) is 7.04. The highest BCUT2D eigenvalue weighted by atomic mass is 32.1. The van der Waals surface area contributed by atoms with Crippen molar-refractivity contribution in [2.45, 2.75) is 6.61 Å². The molecule has 0 saturated carbocycles. The van der Waals surface area contributed by atoms with Crippen LogP contribution in [-0.2, 0) is 6.61 Å². The summed E-state index contributed by atoms with van der Waals surface area (Å²) in [7, 11) is 0. The maximum Gasteiger partial charge on any atom is 0.158 e. The van der Waals surface area contributed by atoms with Gasteiger partial charge in [-0.05, 0) is 22.4 Å². The van der Waals surface area contributed by atoms with Crippen LogP contribution in [0.2, 0.25) is 0 Å². The number of hydrogen-bond acceptors (Lipinski definition) is 9. The van der Waals surface area contributed by atoms with Crippen molar-refractivity contribution in [2.24, 2.45) is 5.92 Å². The standard InChI is InChI=1S/C16H19N5O3S/c22-2-1-17-5-10-6-21(7-10)14-4-11(3-12-16(14)20-24-19-12)13-9-25-15(8-23)18-13/h3-4,9-10,17,22-23H,1-2,5-8H2. The van der Waals surface area contributed by atoms with Crippen molar-refractivity contribution < 1.29 is 14.8 Å². The van der Waals surface area contributed by atoms with Crippen LogP contribution < -0.4 is 10.2 Å². The first-order valence-electron chi connectivity index (χ1n) is 8.17. The van der Waals surface area contributed by atoms with Crippen molar-refractivity contribution >= 4 is 28.1 Å². The molecule has 0 aliphatic carbocycles. The molecule has 0 unspecified atom stereocenters. The van der Waals surface area contributed by atoms with Crippen molar-refractivity contribution in [3.05, 3.63) is 22.5 Å². The maximum absolute atomic E-state index is 9.23. The van der Waals surface area contributed by atoms with Gasteiger partial charge >= 0.3 is 0 Å². The summed E-state index contributed by atoms with van der Waals surface area (Å²) in [6.45, 7) is 3.46. The van der Waals surface area contributed by atoms with Gasteiger partial charge in [0.1, 0.15) is 10.5 Å². The first-order valence-corrected chi connectivity index (χ1v) is 9.05. The van der Waals surface area contributed by atoms with E-state index in [4.69, 9.17) is 9.74 Å². The fourth-order valence-electron chi connectivity index (χ4n) is 3.06. The van der Waals surface area contributed by atoms with Crippen LogP contribution in [0.1, 0.15) is 5.01 Å². The van der Waals surface area contributed by atoms with Gasteiger partial charge in [0.05, 0.1) is 24.6 Å². The molecule has 4 rings (SSSR count). The smallest absolute Gasteiger partial charge is 0.158 e. The summed E-state index contributed by atoms with van der Waals surface area (Å²) in [4.78, 5) is 6.69. The number of hydrogen-bond donors (Lipinski definition) is 3. The zero-order valence-electron chi connectivity index (χ0n) is 13.6. The summed E-state index contributed by atoms with van der Waals surface area (Å²) in [6, 6.07) is 3.96. The third-order valence-electron chi connectivity index (χ3n) is 4.34. The van der Waals surface area contributed by atoms with Crippen LogP contribution in [0.3, 0.4) is 0 Å². The largest absolute Gasteiger partial charge is 0.395 e. The van der Waals surface area contributed by atoms with E-state index < -0.39 is 0 Å². The molecule has 1 aromatic carbocycles. The molecule has 0 amide bonds. The van der Waals surface area contributed by atoms with Crippen molar-refractivity contribution in [1.82, 2.24) is 20.6 Å². The Bertz CT molecular complexity index is 858. The van der Waals surface area contributed by atoms with E-state index in [1.54, 1.807) is 0 Å². The van der Waals surface area contributed by atoms with Crippen molar-refractivity contribution in [3.8, 4) is 11.3 Å². The summed E-state index contributed by atoms with van der Waals surface area (Å²) >= 11 is 1.43. The minimum Gasteiger partial charge on any atom is -0.395 e. The highest BCUT2D eigenvalue weighted by Crippen LogP contribution is 2.35. The lowest BCUT2D eigenvalue weighted by Crippen LogP contribution is -2.51. The van der Waals surface area contributed by atoms with Gasteiger partial charge in [-0.3, -0.25) is 0 Å². The predicted molar refractivity (Wildman–Crippen MR) is 94.5 cm³/mol. The highest BCUT2D eigenvalue weighted by molar-refractivity contribution is 7.09. The molecule has 9 heteroatoms. The number of fused-ring (bicyclic) bond motifs is 1. The lowest BCUT2D eigenvalue weighted by Gasteiger charge is -2.41.